The quantitative estimate of drug-likeness (QED) is 0.657. The number of carbonyl (C=O) groups is 2. The van der Waals surface area contributed by atoms with Gasteiger partial charge in [-0.05, 0) is 25.5 Å². The van der Waals surface area contributed by atoms with Crippen molar-refractivity contribution in [2.75, 3.05) is 6.61 Å². The molecule has 0 saturated carbocycles. The Morgan fingerprint density at radius 3 is 3.00 bits per heavy atom. The lowest BCUT2D eigenvalue weighted by atomic mass is 9.75. The minimum absolute atomic E-state index is 0.197. The molecule has 5 nitrogen and oxygen atoms in total. The Labute approximate surface area is 117 Å². The van der Waals surface area contributed by atoms with Crippen molar-refractivity contribution in [1.29, 1.82) is 0 Å². The van der Waals surface area contributed by atoms with Crippen LogP contribution in [-0.4, -0.2) is 24.2 Å². The van der Waals surface area contributed by atoms with Gasteiger partial charge in [0.15, 0.2) is 5.72 Å². The second-order valence-electron chi connectivity index (χ2n) is 5.40. The first-order valence-corrected chi connectivity index (χ1v) is 6.80. The van der Waals surface area contributed by atoms with E-state index in [1.54, 1.807) is 6.92 Å². The van der Waals surface area contributed by atoms with E-state index in [1.807, 2.05) is 31.2 Å². The Hall–Kier alpha value is -2.04. The molecule has 0 radical (unpaired) electrons. The lowest BCUT2D eigenvalue weighted by molar-refractivity contribution is -0.160. The van der Waals surface area contributed by atoms with Crippen molar-refractivity contribution < 1.29 is 19.1 Å². The molecule has 20 heavy (non-hydrogen) atoms. The van der Waals surface area contributed by atoms with E-state index in [1.165, 1.54) is 0 Å². The van der Waals surface area contributed by atoms with E-state index in [9.17, 15) is 9.59 Å². The monoisotopic (exact) mass is 275 g/mol. The van der Waals surface area contributed by atoms with Gasteiger partial charge < -0.3 is 14.8 Å². The molecule has 2 aliphatic heterocycles. The molecule has 1 fully saturated rings. The molecule has 3 unspecified atom stereocenters. The molecule has 1 amide bonds. The third-order valence-corrected chi connectivity index (χ3v) is 3.88. The summed E-state index contributed by atoms with van der Waals surface area (Å²) in [6.07, 6.45) is 0.569. The molecule has 3 rings (SSSR count). The van der Waals surface area contributed by atoms with Crippen LogP contribution in [0.4, 0.5) is 0 Å². The highest BCUT2D eigenvalue weighted by Gasteiger charge is 2.52. The summed E-state index contributed by atoms with van der Waals surface area (Å²) in [6, 6.07) is 7.54. The largest absolute Gasteiger partial charge is 0.468 e. The Kier molecular flexibility index (Phi) is 2.92. The van der Waals surface area contributed by atoms with E-state index in [-0.39, 0.29) is 18.4 Å². The highest BCUT2D eigenvalue weighted by molar-refractivity contribution is 6.00. The molecule has 2 bridgehead atoms. The van der Waals surface area contributed by atoms with Gasteiger partial charge in [0.1, 0.15) is 11.7 Å². The zero-order valence-corrected chi connectivity index (χ0v) is 11.5. The molecule has 5 heteroatoms. The van der Waals surface area contributed by atoms with Gasteiger partial charge in [0.2, 0.25) is 5.91 Å². The Bertz CT molecular complexity index is 571. The second kappa shape index (κ2) is 4.51. The van der Waals surface area contributed by atoms with Gasteiger partial charge in [-0.25, -0.2) is 0 Å². The maximum absolute atomic E-state index is 12.2. The van der Waals surface area contributed by atoms with Crippen LogP contribution in [0.3, 0.4) is 0 Å². The van der Waals surface area contributed by atoms with E-state index < -0.39 is 17.6 Å². The summed E-state index contributed by atoms with van der Waals surface area (Å²) in [5, 5.41) is 2.79. The van der Waals surface area contributed by atoms with Crippen LogP contribution in [0.1, 0.15) is 31.7 Å². The van der Waals surface area contributed by atoms with Crippen LogP contribution in [0, 0.1) is 5.92 Å². The molecule has 1 aromatic carbocycles. The van der Waals surface area contributed by atoms with Gasteiger partial charge >= 0.3 is 5.97 Å². The minimum atomic E-state index is -0.798. The maximum atomic E-state index is 12.2. The Balaban J connectivity index is 2.04. The van der Waals surface area contributed by atoms with E-state index in [0.717, 1.165) is 11.3 Å². The highest BCUT2D eigenvalue weighted by Crippen LogP contribution is 2.46. The fourth-order valence-electron chi connectivity index (χ4n) is 3.09. The number of carbonyl (C=O) groups excluding carboxylic acids is 2. The molecule has 1 saturated heterocycles. The molecule has 1 aromatic rings. The number of nitrogens with one attached hydrogen (secondary N) is 1. The number of ether oxygens (including phenoxy) is 2. The van der Waals surface area contributed by atoms with Crippen LogP contribution < -0.4 is 10.1 Å². The highest BCUT2D eigenvalue weighted by atomic mass is 16.5. The van der Waals surface area contributed by atoms with Crippen LogP contribution in [0.15, 0.2) is 24.3 Å². The summed E-state index contributed by atoms with van der Waals surface area (Å²) < 4.78 is 10.9. The number of esters is 1. The van der Waals surface area contributed by atoms with Gasteiger partial charge in [0.05, 0.1) is 6.61 Å². The van der Waals surface area contributed by atoms with Crippen molar-refractivity contribution in [2.24, 2.45) is 5.92 Å². The number of rotatable bonds is 2. The summed E-state index contributed by atoms with van der Waals surface area (Å²) in [7, 11) is 0. The first-order valence-electron chi connectivity index (χ1n) is 6.80. The molecular weight excluding hydrogens is 258 g/mol. The van der Waals surface area contributed by atoms with Crippen LogP contribution in [0.2, 0.25) is 0 Å². The van der Waals surface area contributed by atoms with E-state index in [4.69, 9.17) is 9.47 Å². The van der Waals surface area contributed by atoms with Crippen molar-refractivity contribution in [1.82, 2.24) is 5.32 Å². The van der Waals surface area contributed by atoms with Crippen LogP contribution in [-0.2, 0) is 14.3 Å². The number of para-hydroxylation sites is 1. The molecule has 106 valence electrons. The predicted octanol–water partition coefficient (Wildman–Crippen LogP) is 1.58. The van der Waals surface area contributed by atoms with Crippen molar-refractivity contribution in [2.45, 2.75) is 31.9 Å². The minimum Gasteiger partial charge on any atom is -0.468 e. The van der Waals surface area contributed by atoms with Gasteiger partial charge in [-0.15, -0.1) is 0 Å². The normalized spacial score (nSPS) is 30.8. The molecule has 0 aliphatic carbocycles. The van der Waals surface area contributed by atoms with Gasteiger partial charge in [-0.2, -0.15) is 0 Å². The van der Waals surface area contributed by atoms with Gasteiger partial charge in [0, 0.05) is 12.3 Å². The predicted molar refractivity (Wildman–Crippen MR) is 71.1 cm³/mol. The first kappa shape index (κ1) is 13.0. The second-order valence-corrected chi connectivity index (χ2v) is 5.40. The molecule has 2 aliphatic rings. The maximum Gasteiger partial charge on any atom is 0.319 e. The third kappa shape index (κ3) is 1.94. The van der Waals surface area contributed by atoms with Crippen molar-refractivity contribution >= 4 is 11.9 Å². The van der Waals surface area contributed by atoms with Crippen molar-refractivity contribution in [3.8, 4) is 5.75 Å². The number of piperidine rings is 1. The summed E-state index contributed by atoms with van der Waals surface area (Å²) in [5.41, 5.74) is 0.150. The van der Waals surface area contributed by atoms with Gasteiger partial charge in [-0.1, -0.05) is 18.2 Å². The standard InChI is InChI=1S/C15H17NO4/c1-3-19-14(18)12-10-8-15(2,16-13(12)17)20-11-7-5-4-6-9(10)11/h4-7,10,12H,3,8H2,1-2H3,(H,16,17). The molecule has 3 atom stereocenters. The molecule has 2 heterocycles. The van der Waals surface area contributed by atoms with E-state index in [0.29, 0.717) is 6.42 Å². The summed E-state index contributed by atoms with van der Waals surface area (Å²) in [6.45, 7) is 3.83. The average molecular weight is 275 g/mol. The lowest BCUT2D eigenvalue weighted by Crippen LogP contribution is -2.62. The number of fused-ring (bicyclic) bond motifs is 4. The smallest absolute Gasteiger partial charge is 0.319 e. The zero-order chi connectivity index (χ0) is 14.3. The topological polar surface area (TPSA) is 64.6 Å². The Morgan fingerprint density at radius 2 is 2.25 bits per heavy atom. The third-order valence-electron chi connectivity index (χ3n) is 3.88. The van der Waals surface area contributed by atoms with Gasteiger partial charge in [-0.3, -0.25) is 9.59 Å². The zero-order valence-electron chi connectivity index (χ0n) is 11.5. The van der Waals surface area contributed by atoms with Gasteiger partial charge in [0.25, 0.3) is 0 Å². The number of amides is 1. The average Bonchev–Trinajstić information content (AvgIpc) is 2.37. The van der Waals surface area contributed by atoms with E-state index >= 15 is 0 Å². The fourth-order valence-corrected chi connectivity index (χ4v) is 3.09. The molecular formula is C15H17NO4. The first-order chi connectivity index (χ1) is 9.54. The number of hydrogen-bond acceptors (Lipinski definition) is 4. The Morgan fingerprint density at radius 1 is 1.50 bits per heavy atom. The number of hydrogen-bond donors (Lipinski definition) is 1. The van der Waals surface area contributed by atoms with Crippen LogP contribution >= 0.6 is 0 Å². The molecule has 0 spiro atoms. The molecule has 1 N–H and O–H groups in total. The fraction of sp³-hybridized carbons (Fsp3) is 0.467. The van der Waals surface area contributed by atoms with E-state index in [2.05, 4.69) is 5.32 Å². The summed E-state index contributed by atoms with van der Waals surface area (Å²) >= 11 is 0. The van der Waals surface area contributed by atoms with Crippen molar-refractivity contribution in [3.63, 3.8) is 0 Å². The van der Waals surface area contributed by atoms with Crippen LogP contribution in [0.25, 0.3) is 0 Å². The summed E-state index contributed by atoms with van der Waals surface area (Å²) in [4.78, 5) is 24.3. The van der Waals surface area contributed by atoms with Crippen LogP contribution in [0.5, 0.6) is 5.75 Å². The van der Waals surface area contributed by atoms with Crippen molar-refractivity contribution in [3.05, 3.63) is 29.8 Å². The number of benzene rings is 1. The SMILES string of the molecule is CCOC(=O)C1C(=O)NC2(C)CC1c1ccccc1O2. The molecule has 0 aromatic heterocycles. The lowest BCUT2D eigenvalue weighted by Gasteiger charge is -2.46. The summed E-state index contributed by atoms with van der Waals surface area (Å²) in [5.74, 6) is -1.06.